The second-order valence-corrected chi connectivity index (χ2v) is 5.63. The predicted molar refractivity (Wildman–Crippen MR) is 75.6 cm³/mol. The van der Waals surface area contributed by atoms with Crippen LogP contribution in [0.1, 0.15) is 20.8 Å². The zero-order valence-electron chi connectivity index (χ0n) is 12.4. The first-order valence-corrected chi connectivity index (χ1v) is 6.77. The van der Waals surface area contributed by atoms with Crippen LogP contribution < -0.4 is 0 Å². The maximum absolute atomic E-state index is 12.0. The molecule has 0 radical (unpaired) electrons. The van der Waals surface area contributed by atoms with E-state index in [0.717, 1.165) is 26.2 Å². The first-order chi connectivity index (χ1) is 8.41. The molecule has 1 unspecified atom stereocenters. The lowest BCUT2D eigenvalue weighted by Crippen LogP contribution is -2.55. The highest BCUT2D eigenvalue weighted by atomic mass is 16.2. The van der Waals surface area contributed by atoms with Crippen LogP contribution >= 0.6 is 0 Å². The summed E-state index contributed by atoms with van der Waals surface area (Å²) in [6.07, 6.45) is 3.64. The first-order valence-electron chi connectivity index (χ1n) is 6.77. The van der Waals surface area contributed by atoms with Crippen molar-refractivity contribution in [2.45, 2.75) is 32.9 Å². The number of carbonyl (C=O) groups is 1. The fourth-order valence-electron chi connectivity index (χ4n) is 2.41. The predicted octanol–water partition coefficient (Wildman–Crippen LogP) is 1.05. The minimum Gasteiger partial charge on any atom is -0.336 e. The van der Waals surface area contributed by atoms with Crippen molar-refractivity contribution in [3.63, 3.8) is 0 Å². The average molecular weight is 253 g/mol. The number of nitrogens with zero attached hydrogens (tertiary/aromatic N) is 3. The lowest BCUT2D eigenvalue weighted by Gasteiger charge is -2.41. The Kier molecular flexibility index (Phi) is 5.82. The fourth-order valence-corrected chi connectivity index (χ4v) is 2.41. The van der Waals surface area contributed by atoms with Crippen LogP contribution in [0.4, 0.5) is 0 Å². The summed E-state index contributed by atoms with van der Waals surface area (Å²) in [7, 11) is 4.00. The molecule has 0 aromatic rings. The quantitative estimate of drug-likeness (QED) is 0.701. The van der Waals surface area contributed by atoms with Crippen LogP contribution in [0.2, 0.25) is 0 Å². The maximum Gasteiger partial charge on any atom is 0.246 e. The second kappa shape index (κ2) is 6.90. The van der Waals surface area contributed by atoms with Gasteiger partial charge in [-0.25, -0.2) is 0 Å². The van der Waals surface area contributed by atoms with E-state index in [0.29, 0.717) is 12.1 Å². The Labute approximate surface area is 111 Å². The van der Waals surface area contributed by atoms with E-state index in [1.54, 1.807) is 6.08 Å². The van der Waals surface area contributed by atoms with E-state index in [2.05, 4.69) is 25.7 Å². The zero-order chi connectivity index (χ0) is 13.7. The summed E-state index contributed by atoms with van der Waals surface area (Å²) in [5, 5.41) is 0. The molecule has 1 aliphatic rings. The van der Waals surface area contributed by atoms with E-state index in [4.69, 9.17) is 0 Å². The molecule has 1 fully saturated rings. The largest absolute Gasteiger partial charge is 0.336 e. The number of likely N-dealkylation sites (N-methyl/N-ethyl adjacent to an activating group) is 1. The van der Waals surface area contributed by atoms with Crippen LogP contribution in [0.15, 0.2) is 12.2 Å². The van der Waals surface area contributed by atoms with Crippen LogP contribution in [0.5, 0.6) is 0 Å². The summed E-state index contributed by atoms with van der Waals surface area (Å²) >= 11 is 0. The topological polar surface area (TPSA) is 26.8 Å². The van der Waals surface area contributed by atoms with Gasteiger partial charge >= 0.3 is 0 Å². The van der Waals surface area contributed by atoms with E-state index in [1.807, 2.05) is 30.0 Å². The Morgan fingerprint density at radius 3 is 2.56 bits per heavy atom. The van der Waals surface area contributed by atoms with Crippen molar-refractivity contribution in [3.05, 3.63) is 12.2 Å². The van der Waals surface area contributed by atoms with Crippen LogP contribution in [-0.2, 0) is 4.79 Å². The van der Waals surface area contributed by atoms with E-state index >= 15 is 0 Å². The monoisotopic (exact) mass is 253 g/mol. The Morgan fingerprint density at radius 2 is 2.06 bits per heavy atom. The molecule has 1 aliphatic heterocycles. The minimum atomic E-state index is 0.145. The lowest BCUT2D eigenvalue weighted by atomic mass is 10.1. The smallest absolute Gasteiger partial charge is 0.246 e. The fraction of sp³-hybridized carbons (Fsp3) is 0.786. The van der Waals surface area contributed by atoms with Crippen molar-refractivity contribution >= 4 is 5.91 Å². The van der Waals surface area contributed by atoms with Gasteiger partial charge in [0.25, 0.3) is 0 Å². The zero-order valence-corrected chi connectivity index (χ0v) is 12.4. The number of hydrogen-bond donors (Lipinski definition) is 0. The summed E-state index contributed by atoms with van der Waals surface area (Å²) < 4.78 is 0. The molecule has 104 valence electrons. The molecule has 1 amide bonds. The van der Waals surface area contributed by atoms with Gasteiger partial charge in [0.2, 0.25) is 5.91 Å². The summed E-state index contributed by atoms with van der Waals surface area (Å²) in [4.78, 5) is 18.5. The molecule has 1 saturated heterocycles. The molecule has 0 spiro atoms. The lowest BCUT2D eigenvalue weighted by molar-refractivity contribution is -0.129. The summed E-state index contributed by atoms with van der Waals surface area (Å²) in [5.74, 6) is 0.145. The van der Waals surface area contributed by atoms with Gasteiger partial charge in [-0.2, -0.15) is 0 Å². The van der Waals surface area contributed by atoms with Gasteiger partial charge in [-0.3, -0.25) is 9.69 Å². The van der Waals surface area contributed by atoms with Crippen molar-refractivity contribution < 1.29 is 4.79 Å². The van der Waals surface area contributed by atoms with E-state index < -0.39 is 0 Å². The van der Waals surface area contributed by atoms with Gasteiger partial charge < -0.3 is 9.80 Å². The van der Waals surface area contributed by atoms with Gasteiger partial charge in [-0.05, 0) is 34.9 Å². The molecule has 1 atom stereocenters. The Morgan fingerprint density at radius 1 is 1.39 bits per heavy atom. The number of amides is 1. The van der Waals surface area contributed by atoms with Crippen molar-refractivity contribution in [1.29, 1.82) is 0 Å². The number of hydrogen-bond acceptors (Lipinski definition) is 3. The van der Waals surface area contributed by atoms with E-state index in [1.165, 1.54) is 0 Å². The van der Waals surface area contributed by atoms with Gasteiger partial charge in [0, 0.05) is 44.3 Å². The minimum absolute atomic E-state index is 0.145. The summed E-state index contributed by atoms with van der Waals surface area (Å²) in [5.41, 5.74) is 0. The average Bonchev–Trinajstić information content (AvgIpc) is 2.27. The number of carbonyl (C=O) groups excluding carboxylic acids is 1. The van der Waals surface area contributed by atoms with Gasteiger partial charge in [0.1, 0.15) is 0 Å². The van der Waals surface area contributed by atoms with Crippen molar-refractivity contribution in [2.24, 2.45) is 0 Å². The third-order valence-corrected chi connectivity index (χ3v) is 3.38. The molecule has 0 aromatic carbocycles. The first kappa shape index (κ1) is 15.2. The highest BCUT2D eigenvalue weighted by Gasteiger charge is 2.26. The molecule has 0 aliphatic carbocycles. The van der Waals surface area contributed by atoms with Gasteiger partial charge in [0.05, 0.1) is 0 Å². The maximum atomic E-state index is 12.0. The molecule has 0 saturated carbocycles. The third-order valence-electron chi connectivity index (χ3n) is 3.38. The second-order valence-electron chi connectivity index (χ2n) is 5.63. The molecule has 1 heterocycles. The number of rotatable bonds is 4. The molecule has 18 heavy (non-hydrogen) atoms. The third kappa shape index (κ3) is 4.42. The van der Waals surface area contributed by atoms with Crippen molar-refractivity contribution in [3.8, 4) is 0 Å². The van der Waals surface area contributed by atoms with Crippen molar-refractivity contribution in [2.75, 3.05) is 40.3 Å². The molecular weight excluding hydrogens is 226 g/mol. The summed E-state index contributed by atoms with van der Waals surface area (Å²) in [6.45, 7) is 10.1. The van der Waals surface area contributed by atoms with Crippen LogP contribution in [0.25, 0.3) is 0 Å². The molecule has 0 bridgehead atoms. The Hall–Kier alpha value is -0.870. The molecular formula is C14H27N3O. The SMILES string of the molecule is CC(C)N1CCN(C(=O)/C=C/CN(C)C)CC1C. The molecule has 0 aromatic heterocycles. The Balaban J connectivity index is 2.45. The highest BCUT2D eigenvalue weighted by Crippen LogP contribution is 2.13. The molecule has 4 nitrogen and oxygen atoms in total. The van der Waals surface area contributed by atoms with Crippen LogP contribution in [0, 0.1) is 0 Å². The molecule has 4 heteroatoms. The molecule has 0 N–H and O–H groups in total. The van der Waals surface area contributed by atoms with Crippen LogP contribution in [0.3, 0.4) is 0 Å². The normalized spacial score (nSPS) is 22.4. The summed E-state index contributed by atoms with van der Waals surface area (Å²) in [6, 6.07) is 1.01. The number of piperazine rings is 1. The van der Waals surface area contributed by atoms with E-state index in [-0.39, 0.29) is 5.91 Å². The van der Waals surface area contributed by atoms with Crippen LogP contribution in [-0.4, -0.2) is 73.0 Å². The van der Waals surface area contributed by atoms with Gasteiger partial charge in [-0.15, -0.1) is 0 Å². The highest BCUT2D eigenvalue weighted by molar-refractivity contribution is 5.87. The standard InChI is InChI=1S/C14H27N3O/c1-12(2)17-10-9-16(11-13(17)3)14(18)7-6-8-15(4)5/h6-7,12-13H,8-11H2,1-5H3/b7-6+. The van der Waals surface area contributed by atoms with E-state index in [9.17, 15) is 4.79 Å². The van der Waals surface area contributed by atoms with Gasteiger partial charge in [0.15, 0.2) is 0 Å². The van der Waals surface area contributed by atoms with Gasteiger partial charge in [-0.1, -0.05) is 6.08 Å². The van der Waals surface area contributed by atoms with Crippen molar-refractivity contribution in [1.82, 2.24) is 14.7 Å². The molecule has 1 rings (SSSR count). The Bertz CT molecular complexity index is 299.